The van der Waals surface area contributed by atoms with Crippen molar-refractivity contribution in [1.29, 1.82) is 0 Å². The number of para-hydroxylation sites is 1. The van der Waals surface area contributed by atoms with E-state index in [0.29, 0.717) is 12.5 Å². The highest BCUT2D eigenvalue weighted by molar-refractivity contribution is 5.79. The van der Waals surface area contributed by atoms with Crippen molar-refractivity contribution in [3.05, 3.63) is 42.0 Å². The van der Waals surface area contributed by atoms with E-state index in [-0.39, 0.29) is 0 Å². The van der Waals surface area contributed by atoms with Crippen LogP contribution in [0.15, 0.2) is 36.4 Å². The van der Waals surface area contributed by atoms with Gasteiger partial charge in [-0.1, -0.05) is 31.2 Å². The Morgan fingerprint density at radius 2 is 2.29 bits per heavy atom. The van der Waals surface area contributed by atoms with Gasteiger partial charge in [0.15, 0.2) is 0 Å². The highest BCUT2D eigenvalue weighted by Crippen LogP contribution is 2.28. The molecule has 0 spiro atoms. The van der Waals surface area contributed by atoms with Crippen molar-refractivity contribution in [2.75, 3.05) is 18.0 Å². The van der Waals surface area contributed by atoms with Crippen LogP contribution in [0.4, 0.5) is 5.69 Å². The Hall–Kier alpha value is -1.77. The fourth-order valence-corrected chi connectivity index (χ4v) is 2.36. The highest BCUT2D eigenvalue weighted by Gasteiger charge is 2.19. The van der Waals surface area contributed by atoms with Gasteiger partial charge in [0.25, 0.3) is 0 Å². The summed E-state index contributed by atoms with van der Waals surface area (Å²) in [5, 5.41) is 8.58. The minimum absolute atomic E-state index is 0.614. The summed E-state index contributed by atoms with van der Waals surface area (Å²) in [6.45, 7) is 3.87. The first-order valence-corrected chi connectivity index (χ1v) is 5.89. The largest absolute Gasteiger partial charge is 0.478 e. The second kappa shape index (κ2) is 5.04. The van der Waals surface area contributed by atoms with Crippen LogP contribution in [0.2, 0.25) is 0 Å². The quantitative estimate of drug-likeness (QED) is 0.812. The molecular weight excluding hydrogens is 214 g/mol. The third kappa shape index (κ3) is 2.87. The monoisotopic (exact) mass is 231 g/mol. The number of carbonyl (C=O) groups is 1. The molecule has 0 fully saturated rings. The first-order valence-electron chi connectivity index (χ1n) is 5.89. The van der Waals surface area contributed by atoms with Crippen molar-refractivity contribution in [1.82, 2.24) is 0 Å². The molecule has 3 heteroatoms. The van der Waals surface area contributed by atoms with Gasteiger partial charge in [0.2, 0.25) is 0 Å². The van der Waals surface area contributed by atoms with E-state index in [1.165, 1.54) is 17.3 Å². The van der Waals surface area contributed by atoms with E-state index in [9.17, 15) is 4.79 Å². The summed E-state index contributed by atoms with van der Waals surface area (Å²) in [7, 11) is 0. The molecule has 0 saturated carbocycles. The standard InChI is InChI=1S/C14H17NO2/c1-11-9-12-5-2-3-6-13(12)15(10-11)8-4-7-14(16)17/h2-7,11H,8-10H2,1H3,(H,16,17). The lowest BCUT2D eigenvalue weighted by atomic mass is 9.94. The van der Waals surface area contributed by atoms with E-state index in [4.69, 9.17) is 5.11 Å². The molecule has 1 unspecified atom stereocenters. The van der Waals surface area contributed by atoms with Crippen LogP contribution in [0.25, 0.3) is 0 Å². The maximum atomic E-state index is 10.4. The summed E-state index contributed by atoms with van der Waals surface area (Å²) < 4.78 is 0. The number of hydrogen-bond acceptors (Lipinski definition) is 2. The van der Waals surface area contributed by atoms with E-state index < -0.39 is 5.97 Å². The predicted octanol–water partition coefficient (Wildman–Crippen LogP) is 2.33. The summed E-state index contributed by atoms with van der Waals surface area (Å²) in [6, 6.07) is 8.35. The number of anilines is 1. The normalized spacial score (nSPS) is 19.4. The van der Waals surface area contributed by atoms with Gasteiger partial charge in [-0.15, -0.1) is 0 Å². The fraction of sp³-hybridized carbons (Fsp3) is 0.357. The molecule has 0 aliphatic carbocycles. The van der Waals surface area contributed by atoms with Crippen LogP contribution >= 0.6 is 0 Å². The zero-order valence-electron chi connectivity index (χ0n) is 9.97. The Labute approximate surface area is 101 Å². The van der Waals surface area contributed by atoms with Gasteiger partial charge in [-0.05, 0) is 24.0 Å². The molecule has 0 saturated heterocycles. The van der Waals surface area contributed by atoms with Crippen LogP contribution in [0.1, 0.15) is 12.5 Å². The highest BCUT2D eigenvalue weighted by atomic mass is 16.4. The van der Waals surface area contributed by atoms with Gasteiger partial charge in [0, 0.05) is 24.9 Å². The number of rotatable bonds is 3. The predicted molar refractivity (Wildman–Crippen MR) is 68.3 cm³/mol. The first kappa shape index (κ1) is 11.7. The Morgan fingerprint density at radius 3 is 3.06 bits per heavy atom. The number of carboxylic acid groups (broad SMARTS) is 1. The molecule has 17 heavy (non-hydrogen) atoms. The van der Waals surface area contributed by atoms with Crippen LogP contribution in [-0.2, 0) is 11.2 Å². The molecule has 0 aromatic heterocycles. The number of aliphatic carboxylic acids is 1. The lowest BCUT2D eigenvalue weighted by Gasteiger charge is -2.34. The molecular formula is C14H17NO2. The molecule has 1 N–H and O–H groups in total. The van der Waals surface area contributed by atoms with Crippen molar-refractivity contribution < 1.29 is 9.90 Å². The van der Waals surface area contributed by atoms with Crippen LogP contribution in [0.5, 0.6) is 0 Å². The third-order valence-corrected chi connectivity index (χ3v) is 3.02. The fourth-order valence-electron chi connectivity index (χ4n) is 2.36. The Balaban J connectivity index is 2.15. The summed E-state index contributed by atoms with van der Waals surface area (Å²) in [5.74, 6) is -0.272. The lowest BCUT2D eigenvalue weighted by molar-refractivity contribution is -0.131. The number of carboxylic acids is 1. The molecule has 0 bridgehead atoms. The van der Waals surface area contributed by atoms with Gasteiger partial charge in [0.05, 0.1) is 0 Å². The smallest absolute Gasteiger partial charge is 0.328 e. The average molecular weight is 231 g/mol. The minimum Gasteiger partial charge on any atom is -0.478 e. The second-order valence-corrected chi connectivity index (χ2v) is 4.58. The molecule has 90 valence electrons. The number of nitrogens with zero attached hydrogens (tertiary/aromatic N) is 1. The van der Waals surface area contributed by atoms with Crippen molar-refractivity contribution in [2.24, 2.45) is 5.92 Å². The molecule has 0 amide bonds. The van der Waals surface area contributed by atoms with Crippen molar-refractivity contribution in [3.63, 3.8) is 0 Å². The van der Waals surface area contributed by atoms with E-state index in [1.54, 1.807) is 6.08 Å². The van der Waals surface area contributed by atoms with E-state index in [2.05, 4.69) is 30.0 Å². The molecule has 3 nitrogen and oxygen atoms in total. The first-order chi connectivity index (χ1) is 8.16. The van der Waals surface area contributed by atoms with Crippen LogP contribution in [-0.4, -0.2) is 24.2 Å². The number of hydrogen-bond donors (Lipinski definition) is 1. The van der Waals surface area contributed by atoms with Gasteiger partial charge >= 0.3 is 5.97 Å². The lowest BCUT2D eigenvalue weighted by Crippen LogP contribution is -2.34. The van der Waals surface area contributed by atoms with E-state index in [1.807, 2.05) is 6.07 Å². The summed E-state index contributed by atoms with van der Waals surface area (Å²) >= 11 is 0. The van der Waals surface area contributed by atoms with Crippen molar-refractivity contribution >= 4 is 11.7 Å². The maximum absolute atomic E-state index is 10.4. The van der Waals surface area contributed by atoms with Crippen LogP contribution in [0.3, 0.4) is 0 Å². The average Bonchev–Trinajstić information content (AvgIpc) is 2.28. The summed E-state index contributed by atoms with van der Waals surface area (Å²) in [4.78, 5) is 12.7. The SMILES string of the molecule is CC1Cc2ccccc2N(CC=CC(=O)O)C1. The molecule has 1 aliphatic rings. The van der Waals surface area contributed by atoms with Gasteiger partial charge in [0.1, 0.15) is 0 Å². The summed E-state index contributed by atoms with van der Waals surface area (Å²) in [6.07, 6.45) is 4.02. The third-order valence-electron chi connectivity index (χ3n) is 3.02. The van der Waals surface area contributed by atoms with Gasteiger partial charge in [-0.25, -0.2) is 4.79 Å². The Bertz CT molecular complexity index is 440. The Morgan fingerprint density at radius 1 is 1.53 bits per heavy atom. The molecule has 1 aromatic rings. The van der Waals surface area contributed by atoms with Gasteiger partial charge in [-0.3, -0.25) is 0 Å². The van der Waals surface area contributed by atoms with E-state index in [0.717, 1.165) is 13.0 Å². The summed E-state index contributed by atoms with van der Waals surface area (Å²) in [5.41, 5.74) is 2.59. The maximum Gasteiger partial charge on any atom is 0.328 e. The van der Waals surface area contributed by atoms with E-state index >= 15 is 0 Å². The molecule has 1 aliphatic heterocycles. The Kier molecular flexibility index (Phi) is 3.47. The zero-order valence-corrected chi connectivity index (χ0v) is 9.97. The van der Waals surface area contributed by atoms with Gasteiger partial charge < -0.3 is 10.0 Å². The zero-order chi connectivity index (χ0) is 12.3. The minimum atomic E-state index is -0.886. The van der Waals surface area contributed by atoms with Gasteiger partial charge in [-0.2, -0.15) is 0 Å². The molecule has 1 heterocycles. The van der Waals surface area contributed by atoms with Crippen molar-refractivity contribution in [2.45, 2.75) is 13.3 Å². The molecule has 2 rings (SSSR count). The number of benzene rings is 1. The topological polar surface area (TPSA) is 40.5 Å². The van der Waals surface area contributed by atoms with Crippen LogP contribution in [0, 0.1) is 5.92 Å². The second-order valence-electron chi connectivity index (χ2n) is 4.58. The molecule has 0 radical (unpaired) electrons. The van der Waals surface area contributed by atoms with Crippen LogP contribution < -0.4 is 4.90 Å². The number of fused-ring (bicyclic) bond motifs is 1. The molecule has 1 atom stereocenters. The van der Waals surface area contributed by atoms with Crippen molar-refractivity contribution in [3.8, 4) is 0 Å². The molecule has 1 aromatic carbocycles.